The van der Waals surface area contributed by atoms with Gasteiger partial charge in [0.2, 0.25) is 0 Å². The molecule has 3 aromatic carbocycles. The molecule has 2 N–H and O–H groups in total. The van der Waals surface area contributed by atoms with Crippen molar-refractivity contribution in [1.82, 2.24) is 5.32 Å². The van der Waals surface area contributed by atoms with Crippen LogP contribution in [0.15, 0.2) is 84.9 Å². The number of hydrogen-bond acceptors (Lipinski definition) is 5. The summed E-state index contributed by atoms with van der Waals surface area (Å²) in [7, 11) is 0. The van der Waals surface area contributed by atoms with Gasteiger partial charge in [0.05, 0.1) is 11.1 Å². The van der Waals surface area contributed by atoms with Crippen molar-refractivity contribution in [3.63, 3.8) is 0 Å². The molecule has 0 aromatic heterocycles. The van der Waals surface area contributed by atoms with E-state index in [1.54, 1.807) is 12.1 Å². The second-order valence-corrected chi connectivity index (χ2v) is 9.14. The van der Waals surface area contributed by atoms with Crippen LogP contribution in [0.3, 0.4) is 0 Å². The third kappa shape index (κ3) is 5.64. The second-order valence-electron chi connectivity index (χ2n) is 8.78. The van der Waals surface area contributed by atoms with Crippen LogP contribution in [0.4, 0.5) is 0 Å². The van der Waals surface area contributed by atoms with Crippen molar-refractivity contribution in [2.75, 3.05) is 5.75 Å². The Hall–Kier alpha value is -3.09. The number of thiol groups is 1. The predicted octanol–water partition coefficient (Wildman–Crippen LogP) is 4.91. The summed E-state index contributed by atoms with van der Waals surface area (Å²) in [6.45, 7) is 5.47. The summed E-state index contributed by atoms with van der Waals surface area (Å²) in [6.07, 6.45) is 0. The van der Waals surface area contributed by atoms with Gasteiger partial charge in [-0.15, -0.1) is 0 Å². The van der Waals surface area contributed by atoms with Crippen LogP contribution in [0.5, 0.6) is 0 Å². The number of esters is 1. The molecule has 172 valence electrons. The van der Waals surface area contributed by atoms with Gasteiger partial charge in [0, 0.05) is 5.75 Å². The minimum Gasteiger partial charge on any atom is -0.480 e. The topological polar surface area (TPSA) is 75.6 Å². The molecule has 0 saturated heterocycles. The molecule has 0 aliphatic heterocycles. The highest BCUT2D eigenvalue weighted by Gasteiger charge is 2.39. The quantitative estimate of drug-likeness (QED) is 0.252. The fourth-order valence-corrected chi connectivity index (χ4v) is 4.01. The molecule has 3 aromatic rings. The van der Waals surface area contributed by atoms with Gasteiger partial charge in [0.25, 0.3) is 0 Å². The molecule has 0 heterocycles. The van der Waals surface area contributed by atoms with Gasteiger partial charge in [-0.2, -0.15) is 12.6 Å². The number of carboxylic acids is 1. The first kappa shape index (κ1) is 24.6. The van der Waals surface area contributed by atoms with E-state index in [-0.39, 0.29) is 5.75 Å². The van der Waals surface area contributed by atoms with Gasteiger partial charge in [-0.3, -0.25) is 10.1 Å². The maximum atomic E-state index is 12.5. The minimum atomic E-state index is -0.994. The van der Waals surface area contributed by atoms with E-state index in [0.717, 1.165) is 16.7 Å². The lowest BCUT2D eigenvalue weighted by molar-refractivity contribution is -0.139. The number of carboxylic acid groups (broad SMARTS) is 1. The Morgan fingerprint density at radius 3 is 1.70 bits per heavy atom. The van der Waals surface area contributed by atoms with Crippen molar-refractivity contribution < 1.29 is 19.4 Å². The van der Waals surface area contributed by atoms with Crippen LogP contribution in [-0.2, 0) is 15.1 Å². The first-order valence-corrected chi connectivity index (χ1v) is 11.4. The first-order chi connectivity index (χ1) is 15.7. The summed E-state index contributed by atoms with van der Waals surface area (Å²) in [5.41, 5.74) is 1.37. The third-order valence-electron chi connectivity index (χ3n) is 5.24. The highest BCUT2D eigenvalue weighted by atomic mass is 32.1. The Balaban J connectivity index is 2.20. The number of nitrogens with one attached hydrogen (secondary N) is 1. The van der Waals surface area contributed by atoms with E-state index >= 15 is 0 Å². The smallest absolute Gasteiger partial charge is 0.338 e. The summed E-state index contributed by atoms with van der Waals surface area (Å²) in [4.78, 5) is 24.6. The fourth-order valence-electron chi connectivity index (χ4n) is 3.77. The molecule has 0 bridgehead atoms. The zero-order valence-electron chi connectivity index (χ0n) is 19.0. The molecule has 33 heavy (non-hydrogen) atoms. The van der Waals surface area contributed by atoms with Gasteiger partial charge >= 0.3 is 11.9 Å². The van der Waals surface area contributed by atoms with Crippen molar-refractivity contribution in [3.05, 3.63) is 107 Å². The maximum absolute atomic E-state index is 12.5. The number of carbonyl (C=O) groups excluding carboxylic acids is 1. The van der Waals surface area contributed by atoms with E-state index in [1.165, 1.54) is 0 Å². The molecule has 1 unspecified atom stereocenters. The van der Waals surface area contributed by atoms with Crippen LogP contribution in [0, 0.1) is 0 Å². The van der Waals surface area contributed by atoms with Crippen LogP contribution in [0.25, 0.3) is 0 Å². The Labute approximate surface area is 200 Å². The van der Waals surface area contributed by atoms with Crippen molar-refractivity contribution in [2.24, 2.45) is 0 Å². The summed E-state index contributed by atoms with van der Waals surface area (Å²) in [5.74, 6) is -1.30. The number of hydrogen-bond donors (Lipinski definition) is 3. The van der Waals surface area contributed by atoms with Crippen LogP contribution in [-0.4, -0.2) is 34.4 Å². The number of aliphatic carboxylic acids is 1. The number of rotatable bonds is 8. The molecule has 6 heteroatoms. The van der Waals surface area contributed by atoms with E-state index in [0.29, 0.717) is 5.56 Å². The van der Waals surface area contributed by atoms with Crippen LogP contribution in [0.2, 0.25) is 0 Å². The summed E-state index contributed by atoms with van der Waals surface area (Å²) < 4.78 is 5.49. The zero-order chi connectivity index (χ0) is 24.1. The largest absolute Gasteiger partial charge is 0.480 e. The van der Waals surface area contributed by atoms with E-state index in [1.807, 2.05) is 93.6 Å². The molecule has 0 fully saturated rings. The molecule has 1 atom stereocenters. The first-order valence-electron chi connectivity index (χ1n) is 10.7. The van der Waals surface area contributed by atoms with Gasteiger partial charge in [0.15, 0.2) is 0 Å². The van der Waals surface area contributed by atoms with Gasteiger partial charge in [0.1, 0.15) is 11.6 Å². The number of carbonyl (C=O) groups is 2. The van der Waals surface area contributed by atoms with E-state index < -0.39 is 29.1 Å². The van der Waals surface area contributed by atoms with Crippen molar-refractivity contribution in [2.45, 2.75) is 38.0 Å². The molecule has 0 saturated carbocycles. The molecule has 0 radical (unpaired) electrons. The van der Waals surface area contributed by atoms with Crippen molar-refractivity contribution in [3.8, 4) is 0 Å². The average molecular weight is 464 g/mol. The minimum absolute atomic E-state index is 0.104. The lowest BCUT2D eigenvalue weighted by Gasteiger charge is -2.39. The Morgan fingerprint density at radius 2 is 1.30 bits per heavy atom. The fraction of sp³-hybridized carbons (Fsp3) is 0.259. The molecular formula is C27H29NO4S. The Morgan fingerprint density at radius 1 is 0.848 bits per heavy atom. The van der Waals surface area contributed by atoms with Crippen LogP contribution < -0.4 is 5.32 Å². The second kappa shape index (κ2) is 10.2. The predicted molar refractivity (Wildman–Crippen MR) is 133 cm³/mol. The Kier molecular flexibility index (Phi) is 7.61. The van der Waals surface area contributed by atoms with Crippen molar-refractivity contribution >= 4 is 24.6 Å². The summed E-state index contributed by atoms with van der Waals surface area (Å²) in [6, 6.07) is 25.5. The molecule has 0 aliphatic carbocycles. The van der Waals surface area contributed by atoms with E-state index in [2.05, 4.69) is 17.9 Å². The summed E-state index contributed by atoms with van der Waals surface area (Å²) >= 11 is 4.28. The number of benzene rings is 3. The summed E-state index contributed by atoms with van der Waals surface area (Å²) in [5, 5.41) is 13.2. The zero-order valence-corrected chi connectivity index (χ0v) is 19.9. The molecule has 5 nitrogen and oxygen atoms in total. The van der Waals surface area contributed by atoms with Crippen LogP contribution >= 0.6 is 12.6 Å². The lowest BCUT2D eigenvalue weighted by Crippen LogP contribution is -2.53. The van der Waals surface area contributed by atoms with E-state index in [9.17, 15) is 14.7 Å². The van der Waals surface area contributed by atoms with Gasteiger partial charge < -0.3 is 9.84 Å². The maximum Gasteiger partial charge on any atom is 0.338 e. The molecule has 0 spiro atoms. The van der Waals surface area contributed by atoms with Crippen molar-refractivity contribution in [1.29, 1.82) is 0 Å². The monoisotopic (exact) mass is 463 g/mol. The third-order valence-corrected chi connectivity index (χ3v) is 5.60. The van der Waals surface area contributed by atoms with Crippen LogP contribution in [0.1, 0.15) is 47.8 Å². The van der Waals surface area contributed by atoms with Gasteiger partial charge in [-0.1, -0.05) is 72.8 Å². The molecular weight excluding hydrogens is 434 g/mol. The SMILES string of the molecule is CC(C)(C)OC(=O)c1ccc(C(NC(CS)C(=O)O)(c2ccccc2)c2ccccc2)cc1. The van der Waals surface area contributed by atoms with Gasteiger partial charge in [-0.25, -0.2) is 4.79 Å². The Bertz CT molecular complexity index is 1040. The average Bonchev–Trinajstić information content (AvgIpc) is 2.80. The molecule has 3 rings (SSSR count). The number of ether oxygens (including phenoxy) is 1. The standard InChI is InChI=1S/C27H29NO4S/c1-26(2,3)32-25(31)19-14-16-22(17-15-19)27(20-10-6-4-7-11-20,21-12-8-5-9-13-21)28-23(18-33)24(29)30/h4-17,23,28,33H,18H2,1-3H3,(H,29,30). The highest BCUT2D eigenvalue weighted by Crippen LogP contribution is 2.37. The van der Waals surface area contributed by atoms with Gasteiger partial charge in [-0.05, 0) is 49.6 Å². The highest BCUT2D eigenvalue weighted by molar-refractivity contribution is 7.80. The molecule has 0 aliphatic rings. The molecule has 0 amide bonds. The lowest BCUT2D eigenvalue weighted by atomic mass is 9.76. The normalized spacial score (nSPS) is 12.7. The van der Waals surface area contributed by atoms with E-state index in [4.69, 9.17) is 4.74 Å².